The van der Waals surface area contributed by atoms with Crippen LogP contribution in [0.15, 0.2) is 78.9 Å². The molecule has 0 atom stereocenters. The van der Waals surface area contributed by atoms with Gasteiger partial charge in [0, 0.05) is 29.8 Å². The van der Waals surface area contributed by atoms with Crippen molar-refractivity contribution in [2.24, 2.45) is 0 Å². The lowest BCUT2D eigenvalue weighted by Gasteiger charge is -2.14. The van der Waals surface area contributed by atoms with Crippen LogP contribution in [0.3, 0.4) is 0 Å². The molecule has 0 fully saturated rings. The fourth-order valence-corrected chi connectivity index (χ4v) is 7.09. The first-order chi connectivity index (χ1) is 28.1. The molecule has 3 aromatic carbocycles. The number of carbonyl (C=O) groups excluding carboxylic acids is 2. The van der Waals surface area contributed by atoms with Gasteiger partial charge in [-0.05, 0) is 31.0 Å². The van der Waals surface area contributed by atoms with Crippen LogP contribution in [0.2, 0.25) is 0 Å². The summed E-state index contributed by atoms with van der Waals surface area (Å²) in [4.78, 5) is 34.3. The molecule has 0 bridgehead atoms. The summed E-state index contributed by atoms with van der Waals surface area (Å²) in [5, 5.41) is 6.00. The number of benzene rings is 3. The lowest BCUT2D eigenvalue weighted by atomic mass is 10.1. The van der Waals surface area contributed by atoms with Gasteiger partial charge in [-0.1, -0.05) is 190 Å². The molecule has 4 rings (SSSR count). The van der Waals surface area contributed by atoms with E-state index < -0.39 is 0 Å². The third-order valence-corrected chi connectivity index (χ3v) is 10.5. The average Bonchev–Trinajstić information content (AvgIpc) is 3.70. The maximum absolute atomic E-state index is 12.9. The molecule has 57 heavy (non-hydrogen) atoms. The number of hydrogen-bond donors (Lipinski definition) is 3. The van der Waals surface area contributed by atoms with Crippen molar-refractivity contribution in [3.63, 3.8) is 0 Å². The Balaban J connectivity index is 1.33. The van der Waals surface area contributed by atoms with E-state index in [2.05, 4.69) is 41.6 Å². The number of rotatable bonds is 31. The quantitative estimate of drug-likeness (QED) is 0.0441. The van der Waals surface area contributed by atoms with E-state index in [1.54, 1.807) is 6.07 Å². The second kappa shape index (κ2) is 27.9. The number of unbranched alkanes of at least 4 members (excludes halogenated alkanes) is 18. The Morgan fingerprint density at radius 1 is 0.509 bits per heavy atom. The molecule has 0 radical (unpaired) electrons. The van der Waals surface area contributed by atoms with Crippen LogP contribution >= 0.6 is 0 Å². The highest BCUT2D eigenvalue weighted by Crippen LogP contribution is 2.36. The maximum atomic E-state index is 12.9. The van der Waals surface area contributed by atoms with Gasteiger partial charge >= 0.3 is 0 Å². The van der Waals surface area contributed by atoms with Crippen LogP contribution in [-0.4, -0.2) is 48.1 Å². The molecule has 4 aromatic rings. The van der Waals surface area contributed by atoms with Crippen LogP contribution in [0.4, 0.5) is 0 Å². The number of nitrogens with one attached hydrogen (secondary N) is 3. The molecule has 0 saturated carbocycles. The van der Waals surface area contributed by atoms with Gasteiger partial charge < -0.3 is 25.1 Å². The van der Waals surface area contributed by atoms with Crippen LogP contribution < -0.4 is 20.1 Å². The molecule has 8 nitrogen and oxygen atoms in total. The highest BCUT2D eigenvalue weighted by atomic mass is 16.5. The Kier molecular flexibility index (Phi) is 22.1. The molecule has 8 heteroatoms. The van der Waals surface area contributed by atoms with Crippen LogP contribution in [0.1, 0.15) is 142 Å². The van der Waals surface area contributed by atoms with E-state index in [1.165, 1.54) is 103 Å². The summed E-state index contributed by atoms with van der Waals surface area (Å²) in [5.41, 5.74) is 4.54. The van der Waals surface area contributed by atoms with Crippen molar-refractivity contribution in [3.05, 3.63) is 78.9 Å². The number of H-pyrrole nitrogens is 1. The fourth-order valence-electron chi connectivity index (χ4n) is 7.09. The van der Waals surface area contributed by atoms with E-state index in [-0.39, 0.29) is 25.0 Å². The second-order valence-corrected chi connectivity index (χ2v) is 15.3. The van der Waals surface area contributed by atoms with Gasteiger partial charge in [-0.3, -0.25) is 9.59 Å². The smallest absolute Gasteiger partial charge is 0.257 e. The van der Waals surface area contributed by atoms with Gasteiger partial charge in [0.2, 0.25) is 0 Å². The molecule has 0 aliphatic carbocycles. The molecule has 1 heterocycles. The number of hydrogen-bond acceptors (Lipinski definition) is 5. The van der Waals surface area contributed by atoms with E-state index in [4.69, 9.17) is 14.5 Å². The van der Waals surface area contributed by atoms with Gasteiger partial charge in [-0.15, -0.1) is 0 Å². The summed E-state index contributed by atoms with van der Waals surface area (Å²) in [5.74, 6) is 1.06. The molecular weight excluding hydrogens is 709 g/mol. The molecule has 1 aromatic heterocycles. The van der Waals surface area contributed by atoms with Crippen molar-refractivity contribution < 1.29 is 19.1 Å². The van der Waals surface area contributed by atoms with Gasteiger partial charge in [0.1, 0.15) is 5.82 Å². The standard InChI is InChI=1S/C49H70N4O4/c1-3-5-7-9-11-13-15-17-19-27-35-50-45(54)38-56-43-34-33-42(37-44(43)57-39-46(55)51-36-28-20-18-16-14-12-10-8-6-4-2)49-52-47(40-29-23-21-24-30-40)48(53-49)41-31-25-22-26-32-41/h21-26,29-34,37H,3-20,27-28,35-36,38-39H2,1-2H3,(H,50,54)(H,51,55)(H,52,53). The minimum absolute atomic E-state index is 0.143. The number of ether oxygens (including phenoxy) is 2. The summed E-state index contributed by atoms with van der Waals surface area (Å²) < 4.78 is 12.1. The molecule has 3 N–H and O–H groups in total. The van der Waals surface area contributed by atoms with Gasteiger partial charge in [0.05, 0.1) is 11.4 Å². The average molecular weight is 779 g/mol. The minimum atomic E-state index is -0.188. The highest BCUT2D eigenvalue weighted by Gasteiger charge is 2.18. The maximum Gasteiger partial charge on any atom is 0.257 e. The number of aromatic nitrogens is 2. The molecule has 0 saturated heterocycles. The van der Waals surface area contributed by atoms with Crippen LogP contribution in [0, 0.1) is 0 Å². The first kappa shape index (κ1) is 45.1. The molecular formula is C49H70N4O4. The predicted molar refractivity (Wildman–Crippen MR) is 236 cm³/mol. The summed E-state index contributed by atoms with van der Waals surface area (Å²) in [6.07, 6.45) is 25.0. The van der Waals surface area contributed by atoms with Gasteiger partial charge in [-0.2, -0.15) is 0 Å². The zero-order valence-corrected chi connectivity index (χ0v) is 35.1. The van der Waals surface area contributed by atoms with Crippen molar-refractivity contribution in [3.8, 4) is 45.4 Å². The largest absolute Gasteiger partial charge is 0.480 e. The SMILES string of the molecule is CCCCCCCCCCCCNC(=O)COc1ccc(-c2nc(-c3ccccc3)c(-c3ccccc3)[nH]2)cc1OCC(=O)NCCCCCCCCCCCC. The lowest BCUT2D eigenvalue weighted by molar-refractivity contribution is -0.124. The number of carbonyl (C=O) groups is 2. The summed E-state index contributed by atoms with van der Waals surface area (Å²) in [6.45, 7) is 5.45. The second-order valence-electron chi connectivity index (χ2n) is 15.3. The van der Waals surface area contributed by atoms with Crippen molar-refractivity contribution in [1.29, 1.82) is 0 Å². The summed E-state index contributed by atoms with van der Waals surface area (Å²) >= 11 is 0. The first-order valence-electron chi connectivity index (χ1n) is 22.2. The van der Waals surface area contributed by atoms with Crippen molar-refractivity contribution in [2.45, 2.75) is 142 Å². The molecule has 0 aliphatic heterocycles. The molecule has 2 amide bonds. The fraction of sp³-hybridized carbons (Fsp3) is 0.531. The zero-order chi connectivity index (χ0) is 40.2. The van der Waals surface area contributed by atoms with Crippen molar-refractivity contribution in [2.75, 3.05) is 26.3 Å². The summed E-state index contributed by atoms with van der Waals surface area (Å²) in [7, 11) is 0. The van der Waals surface area contributed by atoms with Crippen LogP contribution in [0.25, 0.3) is 33.9 Å². The third kappa shape index (κ3) is 17.6. The number of amides is 2. The number of nitrogens with zero attached hydrogens (tertiary/aromatic N) is 1. The Hall–Kier alpha value is -4.59. The Morgan fingerprint density at radius 2 is 0.947 bits per heavy atom. The van der Waals surface area contributed by atoms with Gasteiger partial charge in [0.25, 0.3) is 11.8 Å². The van der Waals surface area contributed by atoms with E-state index in [9.17, 15) is 9.59 Å². The zero-order valence-electron chi connectivity index (χ0n) is 35.1. The van der Waals surface area contributed by atoms with Crippen LogP contribution in [0.5, 0.6) is 11.5 Å². The lowest BCUT2D eigenvalue weighted by Crippen LogP contribution is -2.30. The van der Waals surface area contributed by atoms with Gasteiger partial charge in [0.15, 0.2) is 24.7 Å². The van der Waals surface area contributed by atoms with E-state index in [0.717, 1.165) is 53.8 Å². The topological polar surface area (TPSA) is 105 Å². The van der Waals surface area contributed by atoms with E-state index in [0.29, 0.717) is 30.4 Å². The normalized spacial score (nSPS) is 11.1. The minimum Gasteiger partial charge on any atom is -0.480 e. The van der Waals surface area contributed by atoms with E-state index >= 15 is 0 Å². The molecule has 0 aliphatic rings. The summed E-state index contributed by atoms with van der Waals surface area (Å²) in [6, 6.07) is 25.8. The predicted octanol–water partition coefficient (Wildman–Crippen LogP) is 12.2. The molecule has 0 spiro atoms. The molecule has 310 valence electrons. The number of aromatic amines is 1. The molecule has 0 unspecified atom stereocenters. The van der Waals surface area contributed by atoms with Crippen LogP contribution in [-0.2, 0) is 9.59 Å². The highest BCUT2D eigenvalue weighted by molar-refractivity contribution is 5.82. The van der Waals surface area contributed by atoms with E-state index in [1.807, 2.05) is 60.7 Å². The van der Waals surface area contributed by atoms with Gasteiger partial charge in [-0.25, -0.2) is 4.98 Å². The Labute approximate surface area is 343 Å². The number of imidazole rings is 1. The Morgan fingerprint density at radius 3 is 1.44 bits per heavy atom. The first-order valence-corrected chi connectivity index (χ1v) is 22.2. The van der Waals surface area contributed by atoms with Crippen molar-refractivity contribution in [1.82, 2.24) is 20.6 Å². The monoisotopic (exact) mass is 779 g/mol. The Bertz CT molecular complexity index is 1620. The van der Waals surface area contributed by atoms with Crippen molar-refractivity contribution >= 4 is 11.8 Å². The third-order valence-electron chi connectivity index (χ3n) is 10.5.